The summed E-state index contributed by atoms with van der Waals surface area (Å²) in [7, 11) is 0. The molecule has 0 radical (unpaired) electrons. The summed E-state index contributed by atoms with van der Waals surface area (Å²) in [5.41, 5.74) is 20.8. The molecule has 0 bridgehead atoms. The van der Waals surface area contributed by atoms with Crippen LogP contribution in [0.1, 0.15) is 25.0 Å². The molecule has 0 fully saturated rings. The molecule has 0 spiro atoms. The van der Waals surface area contributed by atoms with E-state index in [2.05, 4.69) is 267 Å². The van der Waals surface area contributed by atoms with Crippen molar-refractivity contribution in [3.8, 4) is 66.8 Å². The summed E-state index contributed by atoms with van der Waals surface area (Å²) in [4.78, 5) is 2.38. The van der Waals surface area contributed by atoms with Crippen LogP contribution in [0.15, 0.2) is 249 Å². The van der Waals surface area contributed by atoms with Gasteiger partial charge in [-0.15, -0.1) is 11.3 Å². The van der Waals surface area contributed by atoms with E-state index in [9.17, 15) is 0 Å². The lowest BCUT2D eigenvalue weighted by molar-refractivity contribution is 0.660. The molecule has 0 aliphatic heterocycles. The fourth-order valence-electron chi connectivity index (χ4n) is 10.7. The topological polar surface area (TPSA) is 3.24 Å². The Morgan fingerprint density at radius 1 is 0.290 bits per heavy atom. The van der Waals surface area contributed by atoms with Gasteiger partial charge in [-0.05, 0) is 161 Å². The van der Waals surface area contributed by atoms with Gasteiger partial charge in [0.15, 0.2) is 0 Å². The third-order valence-electron chi connectivity index (χ3n) is 14.5. The predicted octanol–water partition coefficient (Wildman–Crippen LogP) is 19.3. The van der Waals surface area contributed by atoms with Crippen molar-refractivity contribution < 1.29 is 0 Å². The van der Waals surface area contributed by atoms with Gasteiger partial charge in [0.2, 0.25) is 0 Å². The Kier molecular flexibility index (Phi) is 9.78. The van der Waals surface area contributed by atoms with Crippen molar-refractivity contribution in [3.05, 3.63) is 260 Å². The Bertz CT molecular complexity index is 3890. The summed E-state index contributed by atoms with van der Waals surface area (Å²) in [6.07, 6.45) is 0. The van der Waals surface area contributed by atoms with Gasteiger partial charge in [-0.25, -0.2) is 0 Å². The van der Waals surface area contributed by atoms with Gasteiger partial charge in [0, 0.05) is 42.6 Å². The molecule has 0 atom stereocenters. The summed E-state index contributed by atoms with van der Waals surface area (Å²) in [6.45, 7) is 4.70. The first kappa shape index (κ1) is 40.9. The van der Waals surface area contributed by atoms with E-state index in [1.807, 2.05) is 11.3 Å². The van der Waals surface area contributed by atoms with E-state index in [0.29, 0.717) is 0 Å². The molecule has 11 aromatic carbocycles. The molecular formula is C67H47NS. The second kappa shape index (κ2) is 16.5. The summed E-state index contributed by atoms with van der Waals surface area (Å²) < 4.78 is 2.65. The smallest absolute Gasteiger partial charge is 0.0462 e. The highest BCUT2D eigenvalue weighted by Crippen LogP contribution is 2.50. The molecule has 0 saturated carbocycles. The molecule has 69 heavy (non-hydrogen) atoms. The van der Waals surface area contributed by atoms with Crippen molar-refractivity contribution >= 4 is 59.3 Å². The van der Waals surface area contributed by atoms with Crippen LogP contribution in [0.2, 0.25) is 0 Å². The molecular weight excluding hydrogens is 851 g/mol. The molecule has 326 valence electrons. The molecule has 0 unspecified atom stereocenters. The Balaban J connectivity index is 0.817. The normalized spacial score (nSPS) is 12.6. The first-order valence-corrected chi connectivity index (χ1v) is 24.7. The lowest BCUT2D eigenvalue weighted by atomic mass is 9.81. The number of thiophene rings is 1. The van der Waals surface area contributed by atoms with Crippen molar-refractivity contribution in [1.29, 1.82) is 0 Å². The lowest BCUT2D eigenvalue weighted by Crippen LogP contribution is -2.14. The summed E-state index contributed by atoms with van der Waals surface area (Å²) in [6, 6.07) is 91.8. The summed E-state index contributed by atoms with van der Waals surface area (Å²) in [5, 5.41) is 5.16. The highest BCUT2D eigenvalue weighted by Gasteiger charge is 2.35. The maximum atomic E-state index is 2.41. The number of nitrogens with zero attached hydrogens (tertiary/aromatic N) is 1. The molecule has 0 amide bonds. The van der Waals surface area contributed by atoms with Crippen molar-refractivity contribution in [2.75, 3.05) is 4.90 Å². The van der Waals surface area contributed by atoms with Gasteiger partial charge >= 0.3 is 0 Å². The highest BCUT2D eigenvalue weighted by atomic mass is 32.1. The van der Waals surface area contributed by atoms with Crippen LogP contribution in [0.25, 0.3) is 97.7 Å². The van der Waals surface area contributed by atoms with E-state index in [0.717, 1.165) is 17.1 Å². The fourth-order valence-corrected chi connectivity index (χ4v) is 11.8. The fraction of sp³-hybridized carbons (Fsp3) is 0.0448. The van der Waals surface area contributed by atoms with E-state index in [1.165, 1.54) is 109 Å². The van der Waals surface area contributed by atoms with Gasteiger partial charge in [-0.2, -0.15) is 0 Å². The molecule has 13 rings (SSSR count). The van der Waals surface area contributed by atoms with Crippen LogP contribution in [0.3, 0.4) is 0 Å². The number of hydrogen-bond acceptors (Lipinski definition) is 2. The van der Waals surface area contributed by atoms with Gasteiger partial charge < -0.3 is 4.90 Å². The van der Waals surface area contributed by atoms with Crippen LogP contribution < -0.4 is 4.90 Å². The summed E-state index contributed by atoms with van der Waals surface area (Å²) in [5.74, 6) is 0. The minimum atomic E-state index is -0.0485. The molecule has 1 aliphatic rings. The molecule has 2 heteroatoms. The number of anilines is 3. The zero-order chi connectivity index (χ0) is 46.1. The molecule has 1 aliphatic carbocycles. The first-order valence-electron chi connectivity index (χ1n) is 23.9. The quantitative estimate of drug-likeness (QED) is 0.147. The minimum absolute atomic E-state index is 0.0485. The van der Waals surface area contributed by atoms with Crippen LogP contribution >= 0.6 is 11.3 Å². The number of rotatable bonds is 8. The maximum absolute atomic E-state index is 2.41. The van der Waals surface area contributed by atoms with Crippen molar-refractivity contribution in [2.45, 2.75) is 19.3 Å². The largest absolute Gasteiger partial charge is 0.311 e. The van der Waals surface area contributed by atoms with Crippen molar-refractivity contribution in [3.63, 3.8) is 0 Å². The standard InChI is InChI=1S/C67H47NS/c1-67(2)63-16-7-5-14-59(63)60-38-30-55(43-64(60)67)49-28-36-58(37-29-49)68(57-34-26-48(27-35-57)54-31-39-66-62(42-54)61-15-6-8-17-65(61)69-66)56-32-24-46(25-33-56)45-18-20-47(21-19-45)51-12-9-13-52(40-51)53-23-22-44-10-3-4-11-50(44)41-53/h3-43H,1-2H3. The maximum Gasteiger partial charge on any atom is 0.0462 e. The van der Waals surface area contributed by atoms with Crippen LogP contribution in [-0.2, 0) is 5.41 Å². The number of benzene rings is 11. The van der Waals surface area contributed by atoms with E-state index in [1.54, 1.807) is 0 Å². The minimum Gasteiger partial charge on any atom is -0.311 e. The van der Waals surface area contributed by atoms with Crippen LogP contribution in [0, 0.1) is 0 Å². The lowest BCUT2D eigenvalue weighted by Gasteiger charge is -2.26. The van der Waals surface area contributed by atoms with Crippen LogP contribution in [0.4, 0.5) is 17.1 Å². The number of hydrogen-bond donors (Lipinski definition) is 0. The van der Waals surface area contributed by atoms with Gasteiger partial charge in [0.05, 0.1) is 0 Å². The van der Waals surface area contributed by atoms with E-state index in [4.69, 9.17) is 0 Å². The Morgan fingerprint density at radius 3 is 1.42 bits per heavy atom. The zero-order valence-electron chi connectivity index (χ0n) is 38.5. The van der Waals surface area contributed by atoms with E-state index < -0.39 is 0 Å². The summed E-state index contributed by atoms with van der Waals surface area (Å²) >= 11 is 1.86. The highest BCUT2D eigenvalue weighted by molar-refractivity contribution is 7.25. The molecule has 12 aromatic rings. The van der Waals surface area contributed by atoms with Gasteiger partial charge in [0.1, 0.15) is 0 Å². The first-order chi connectivity index (χ1) is 33.9. The molecule has 1 heterocycles. The Morgan fingerprint density at radius 2 is 0.739 bits per heavy atom. The van der Waals surface area contributed by atoms with Gasteiger partial charge in [0.25, 0.3) is 0 Å². The second-order valence-electron chi connectivity index (χ2n) is 18.9. The third-order valence-corrected chi connectivity index (χ3v) is 15.7. The van der Waals surface area contributed by atoms with Crippen molar-refractivity contribution in [1.82, 2.24) is 0 Å². The zero-order valence-corrected chi connectivity index (χ0v) is 39.3. The predicted molar refractivity (Wildman–Crippen MR) is 296 cm³/mol. The van der Waals surface area contributed by atoms with Crippen LogP contribution in [-0.4, -0.2) is 0 Å². The van der Waals surface area contributed by atoms with E-state index >= 15 is 0 Å². The SMILES string of the molecule is CC1(C)c2ccccc2-c2ccc(-c3ccc(N(c4ccc(-c5ccc(-c6cccc(-c7ccc8ccccc8c7)c6)cc5)cc4)c4ccc(-c5ccc6sc7ccccc7c6c5)cc4)cc3)cc21. The van der Waals surface area contributed by atoms with Crippen LogP contribution in [0.5, 0.6) is 0 Å². The van der Waals surface area contributed by atoms with Crippen molar-refractivity contribution in [2.24, 2.45) is 0 Å². The molecule has 0 N–H and O–H groups in total. The molecule has 1 aromatic heterocycles. The Labute approximate surface area is 407 Å². The average molecular weight is 898 g/mol. The number of fused-ring (bicyclic) bond motifs is 7. The molecule has 1 nitrogen and oxygen atoms in total. The average Bonchev–Trinajstić information content (AvgIpc) is 3.90. The monoisotopic (exact) mass is 897 g/mol. The van der Waals surface area contributed by atoms with Gasteiger partial charge in [-0.1, -0.05) is 190 Å². The third kappa shape index (κ3) is 7.24. The Hall–Kier alpha value is -8.30. The second-order valence-corrected chi connectivity index (χ2v) is 20.0. The molecule has 0 saturated heterocycles. The van der Waals surface area contributed by atoms with E-state index in [-0.39, 0.29) is 5.41 Å². The van der Waals surface area contributed by atoms with Gasteiger partial charge in [-0.3, -0.25) is 0 Å².